The molecule has 26 heavy (non-hydrogen) atoms. The first-order chi connectivity index (χ1) is 12.4. The first kappa shape index (κ1) is 21.8. The van der Waals surface area contributed by atoms with E-state index in [-0.39, 0.29) is 18.0 Å². The first-order valence-electron chi connectivity index (χ1n) is 9.33. The van der Waals surface area contributed by atoms with Crippen molar-refractivity contribution >= 4 is 12.0 Å². The van der Waals surface area contributed by atoms with E-state index >= 15 is 0 Å². The molecule has 6 nitrogen and oxygen atoms in total. The molecule has 1 rings (SSSR count). The maximum Gasteiger partial charge on any atom is 0.315 e. The quantitative estimate of drug-likeness (QED) is 0.465. The Morgan fingerprint density at radius 3 is 2.46 bits per heavy atom. The van der Waals surface area contributed by atoms with Crippen molar-refractivity contribution in [3.8, 4) is 5.75 Å². The highest BCUT2D eigenvalue weighted by atomic mass is 16.5. The highest BCUT2D eigenvalue weighted by molar-refractivity contribution is 5.74. The molecule has 0 aliphatic heterocycles. The van der Waals surface area contributed by atoms with Gasteiger partial charge in [-0.3, -0.25) is 4.79 Å². The van der Waals surface area contributed by atoms with Crippen LogP contribution in [0.25, 0.3) is 0 Å². The third-order valence-electron chi connectivity index (χ3n) is 3.91. The third kappa shape index (κ3) is 8.74. The smallest absolute Gasteiger partial charge is 0.315 e. The number of esters is 1. The molecule has 0 fully saturated rings. The lowest BCUT2D eigenvalue weighted by molar-refractivity contribution is -0.143. The van der Waals surface area contributed by atoms with Crippen LogP contribution in [0, 0.1) is 13.8 Å². The molecule has 0 bridgehead atoms. The Morgan fingerprint density at radius 2 is 1.81 bits per heavy atom. The molecule has 0 aliphatic rings. The molecule has 2 N–H and O–H groups in total. The minimum Gasteiger partial charge on any atom is -0.491 e. The summed E-state index contributed by atoms with van der Waals surface area (Å²) in [5.74, 6) is 0.721. The molecule has 0 aliphatic carbocycles. The Bertz CT molecular complexity index is 555. The van der Waals surface area contributed by atoms with Crippen LogP contribution in [0.2, 0.25) is 0 Å². The predicted octanol–water partition coefficient (Wildman–Crippen LogP) is 3.49. The van der Waals surface area contributed by atoms with Gasteiger partial charge < -0.3 is 20.1 Å². The Labute approximate surface area is 156 Å². The lowest BCUT2D eigenvalue weighted by Crippen LogP contribution is -2.43. The zero-order chi connectivity index (χ0) is 19.4. The van der Waals surface area contributed by atoms with Crippen molar-refractivity contribution in [1.82, 2.24) is 10.6 Å². The van der Waals surface area contributed by atoms with Gasteiger partial charge in [0, 0.05) is 13.0 Å². The van der Waals surface area contributed by atoms with Crippen LogP contribution in [0.3, 0.4) is 0 Å². The lowest BCUT2D eigenvalue weighted by atomic mass is 10.1. The molecule has 1 unspecified atom stereocenters. The molecule has 0 aromatic heterocycles. The number of unbranched alkanes of at least 4 members (excludes halogenated alkanes) is 2. The number of urea groups is 1. The standard InChI is InChI=1S/C20H32N2O4/c1-5-25-18(23)12-7-6-8-13-21-20(24)22-17(4)14-26-19-15(2)10-9-11-16(19)3/h9-11,17H,5-8,12-14H2,1-4H3,(H2,21,22,24). The summed E-state index contributed by atoms with van der Waals surface area (Å²) in [6.45, 7) is 9.15. The minimum atomic E-state index is -0.201. The monoisotopic (exact) mass is 364 g/mol. The van der Waals surface area contributed by atoms with Crippen LogP contribution < -0.4 is 15.4 Å². The van der Waals surface area contributed by atoms with Crippen LogP contribution in [0.1, 0.15) is 50.7 Å². The van der Waals surface area contributed by atoms with Gasteiger partial charge in [0.15, 0.2) is 0 Å². The average molecular weight is 364 g/mol. The van der Waals surface area contributed by atoms with Crippen molar-refractivity contribution in [3.63, 3.8) is 0 Å². The number of ether oxygens (including phenoxy) is 2. The summed E-state index contributed by atoms with van der Waals surface area (Å²) in [5.41, 5.74) is 2.17. The van der Waals surface area contributed by atoms with Crippen molar-refractivity contribution in [3.05, 3.63) is 29.3 Å². The molecule has 2 amide bonds. The number of amides is 2. The van der Waals surface area contributed by atoms with E-state index < -0.39 is 0 Å². The largest absolute Gasteiger partial charge is 0.491 e. The molecule has 1 aromatic carbocycles. The van der Waals surface area contributed by atoms with Crippen LogP contribution in [-0.2, 0) is 9.53 Å². The van der Waals surface area contributed by atoms with E-state index in [1.807, 2.05) is 39.0 Å². The van der Waals surface area contributed by atoms with Crippen LogP contribution in [0.4, 0.5) is 4.79 Å². The number of rotatable bonds is 11. The fraction of sp³-hybridized carbons (Fsp3) is 0.600. The van der Waals surface area contributed by atoms with Gasteiger partial charge in [0.25, 0.3) is 0 Å². The Hall–Kier alpha value is -2.24. The van der Waals surface area contributed by atoms with Crippen LogP contribution in [-0.4, -0.2) is 37.8 Å². The topological polar surface area (TPSA) is 76.7 Å². The van der Waals surface area contributed by atoms with Crippen molar-refractivity contribution < 1.29 is 19.1 Å². The Kier molecular flexibility index (Phi) is 10.2. The van der Waals surface area contributed by atoms with E-state index in [4.69, 9.17) is 9.47 Å². The van der Waals surface area contributed by atoms with E-state index in [1.165, 1.54) is 0 Å². The second-order valence-corrected chi connectivity index (χ2v) is 6.45. The zero-order valence-electron chi connectivity index (χ0n) is 16.4. The van der Waals surface area contributed by atoms with Crippen molar-refractivity contribution in [2.75, 3.05) is 19.8 Å². The SMILES string of the molecule is CCOC(=O)CCCCCNC(=O)NC(C)COc1c(C)cccc1C. The number of hydrogen-bond acceptors (Lipinski definition) is 4. The van der Waals surface area contributed by atoms with E-state index in [2.05, 4.69) is 10.6 Å². The molecule has 0 radical (unpaired) electrons. The molecule has 0 heterocycles. The number of aryl methyl sites for hydroxylation is 2. The van der Waals surface area contributed by atoms with Crippen LogP contribution in [0.5, 0.6) is 5.75 Å². The van der Waals surface area contributed by atoms with Gasteiger partial charge in [-0.15, -0.1) is 0 Å². The van der Waals surface area contributed by atoms with Gasteiger partial charge in [-0.05, 0) is 51.7 Å². The summed E-state index contributed by atoms with van der Waals surface area (Å²) in [6.07, 6.45) is 2.93. The molecule has 6 heteroatoms. The van der Waals surface area contributed by atoms with Gasteiger partial charge in [0.05, 0.1) is 12.6 Å². The number of benzene rings is 1. The molecule has 0 saturated carbocycles. The summed E-state index contributed by atoms with van der Waals surface area (Å²) in [7, 11) is 0. The van der Waals surface area contributed by atoms with Gasteiger partial charge in [0.2, 0.25) is 0 Å². The second kappa shape index (κ2) is 12.2. The third-order valence-corrected chi connectivity index (χ3v) is 3.91. The summed E-state index contributed by atoms with van der Waals surface area (Å²) in [4.78, 5) is 23.1. The number of carbonyl (C=O) groups excluding carboxylic acids is 2. The van der Waals surface area contributed by atoms with E-state index in [0.717, 1.165) is 36.1 Å². The number of hydrogen-bond donors (Lipinski definition) is 2. The second-order valence-electron chi connectivity index (χ2n) is 6.45. The van der Waals surface area contributed by atoms with Gasteiger partial charge >= 0.3 is 12.0 Å². The van der Waals surface area contributed by atoms with Gasteiger partial charge in [-0.1, -0.05) is 24.6 Å². The van der Waals surface area contributed by atoms with E-state index in [9.17, 15) is 9.59 Å². The number of carbonyl (C=O) groups is 2. The van der Waals surface area contributed by atoms with Crippen molar-refractivity contribution in [2.24, 2.45) is 0 Å². The van der Waals surface area contributed by atoms with E-state index in [1.54, 1.807) is 6.92 Å². The molecular weight excluding hydrogens is 332 g/mol. The fourth-order valence-corrected chi connectivity index (χ4v) is 2.56. The van der Waals surface area contributed by atoms with Crippen molar-refractivity contribution in [1.29, 1.82) is 0 Å². The minimum absolute atomic E-state index is 0.0992. The first-order valence-corrected chi connectivity index (χ1v) is 9.33. The maximum atomic E-state index is 11.9. The summed E-state index contributed by atoms with van der Waals surface area (Å²) >= 11 is 0. The summed E-state index contributed by atoms with van der Waals surface area (Å²) in [5, 5.41) is 5.69. The van der Waals surface area contributed by atoms with Gasteiger partial charge in [0.1, 0.15) is 12.4 Å². The summed E-state index contributed by atoms with van der Waals surface area (Å²) in [6, 6.07) is 5.72. The molecule has 146 valence electrons. The molecule has 0 saturated heterocycles. The molecule has 1 atom stereocenters. The Balaban J connectivity index is 2.14. The number of nitrogens with one attached hydrogen (secondary N) is 2. The zero-order valence-corrected chi connectivity index (χ0v) is 16.4. The van der Waals surface area contributed by atoms with Crippen molar-refractivity contribution in [2.45, 2.75) is 59.4 Å². The highest BCUT2D eigenvalue weighted by Crippen LogP contribution is 2.22. The van der Waals surface area contributed by atoms with Gasteiger partial charge in [-0.25, -0.2) is 4.79 Å². The lowest BCUT2D eigenvalue weighted by Gasteiger charge is -2.17. The van der Waals surface area contributed by atoms with Crippen LogP contribution >= 0.6 is 0 Å². The predicted molar refractivity (Wildman–Crippen MR) is 103 cm³/mol. The molecule has 0 spiro atoms. The summed E-state index contributed by atoms with van der Waals surface area (Å²) < 4.78 is 10.7. The number of para-hydroxylation sites is 1. The molecule has 1 aromatic rings. The Morgan fingerprint density at radius 1 is 1.12 bits per heavy atom. The van der Waals surface area contributed by atoms with E-state index in [0.29, 0.717) is 26.2 Å². The van der Waals surface area contributed by atoms with Gasteiger partial charge in [-0.2, -0.15) is 0 Å². The fourth-order valence-electron chi connectivity index (χ4n) is 2.56. The van der Waals surface area contributed by atoms with Crippen LogP contribution in [0.15, 0.2) is 18.2 Å². The maximum absolute atomic E-state index is 11.9. The highest BCUT2D eigenvalue weighted by Gasteiger charge is 2.10. The average Bonchev–Trinajstić information content (AvgIpc) is 2.57. The normalized spacial score (nSPS) is 11.5. The molecular formula is C20H32N2O4.